The van der Waals surface area contributed by atoms with Gasteiger partial charge in [-0.05, 0) is 43.0 Å². The summed E-state index contributed by atoms with van der Waals surface area (Å²) in [7, 11) is 0. The Hall–Kier alpha value is -3.28. The molecule has 0 amide bonds. The summed E-state index contributed by atoms with van der Waals surface area (Å²) in [6.07, 6.45) is 1.56. The van der Waals surface area contributed by atoms with E-state index in [2.05, 4.69) is 0 Å². The van der Waals surface area contributed by atoms with Gasteiger partial charge in [0.1, 0.15) is 11.3 Å². The van der Waals surface area contributed by atoms with Crippen molar-refractivity contribution >= 4 is 16.9 Å². The molecule has 3 aromatic rings. The van der Waals surface area contributed by atoms with Crippen LogP contribution in [0.25, 0.3) is 10.9 Å². The molecule has 2 heterocycles. The lowest BCUT2D eigenvalue weighted by molar-refractivity contribution is 0.0731. The number of pyridine rings is 1. The number of hydrogen-bond acceptors (Lipinski definition) is 5. The van der Waals surface area contributed by atoms with Crippen molar-refractivity contribution in [3.8, 4) is 17.2 Å². The number of carbonyl (C=O) groups excluding carboxylic acids is 1. The van der Waals surface area contributed by atoms with Gasteiger partial charge in [-0.1, -0.05) is 26.0 Å². The third kappa shape index (κ3) is 3.35. The van der Waals surface area contributed by atoms with E-state index < -0.39 is 5.97 Å². The standard InChI is InChI=1S/C23H23NO5/c1-5-24-11-17(22(25)16-9-20-21(10-18(16)24)28-12-27-20)23(26)29-19-8-14(4)6-7-15(19)13(2)3/h6-11,13H,5,12H2,1-4H3. The van der Waals surface area contributed by atoms with E-state index in [1.807, 2.05) is 50.5 Å². The average molecular weight is 393 g/mol. The van der Waals surface area contributed by atoms with Crippen molar-refractivity contribution in [3.05, 3.63) is 63.4 Å². The van der Waals surface area contributed by atoms with Crippen LogP contribution in [0.4, 0.5) is 0 Å². The molecule has 0 radical (unpaired) electrons. The molecule has 4 rings (SSSR count). The average Bonchev–Trinajstić information content (AvgIpc) is 3.14. The molecule has 1 aliphatic rings. The van der Waals surface area contributed by atoms with E-state index in [1.54, 1.807) is 18.3 Å². The minimum atomic E-state index is -0.663. The summed E-state index contributed by atoms with van der Waals surface area (Å²) in [5.74, 6) is 1.10. The van der Waals surface area contributed by atoms with Gasteiger partial charge < -0.3 is 18.8 Å². The van der Waals surface area contributed by atoms with Gasteiger partial charge in [0.25, 0.3) is 0 Å². The number of nitrogens with zero attached hydrogens (tertiary/aromatic N) is 1. The zero-order chi connectivity index (χ0) is 20.7. The first kappa shape index (κ1) is 19.1. The molecule has 29 heavy (non-hydrogen) atoms. The first-order valence-electron chi connectivity index (χ1n) is 9.68. The molecular weight excluding hydrogens is 370 g/mol. The fourth-order valence-electron chi connectivity index (χ4n) is 3.55. The van der Waals surface area contributed by atoms with Crippen molar-refractivity contribution in [2.45, 2.75) is 40.2 Å². The van der Waals surface area contributed by atoms with E-state index in [1.165, 1.54) is 0 Å². The molecule has 6 nitrogen and oxygen atoms in total. The predicted molar refractivity (Wildman–Crippen MR) is 110 cm³/mol. The number of ether oxygens (including phenoxy) is 3. The minimum absolute atomic E-state index is 0.00516. The van der Waals surface area contributed by atoms with Gasteiger partial charge in [-0.25, -0.2) is 4.79 Å². The van der Waals surface area contributed by atoms with Gasteiger partial charge in [0.2, 0.25) is 12.2 Å². The molecule has 0 saturated heterocycles. The lowest BCUT2D eigenvalue weighted by atomic mass is 10.0. The van der Waals surface area contributed by atoms with Crippen LogP contribution in [0.1, 0.15) is 48.2 Å². The highest BCUT2D eigenvalue weighted by molar-refractivity contribution is 5.95. The summed E-state index contributed by atoms with van der Waals surface area (Å²) in [5, 5.41) is 0.402. The first-order chi connectivity index (χ1) is 13.9. The number of carbonyl (C=O) groups is 1. The largest absolute Gasteiger partial charge is 0.454 e. The molecule has 0 fully saturated rings. The van der Waals surface area contributed by atoms with Gasteiger partial charge in [-0.15, -0.1) is 0 Å². The van der Waals surface area contributed by atoms with Crippen molar-refractivity contribution in [2.75, 3.05) is 6.79 Å². The lowest BCUT2D eigenvalue weighted by Gasteiger charge is -2.15. The quantitative estimate of drug-likeness (QED) is 0.485. The SMILES string of the molecule is CCn1cc(C(=O)Oc2cc(C)ccc2C(C)C)c(=O)c2cc3c(cc21)OCO3. The molecule has 0 saturated carbocycles. The van der Waals surface area contributed by atoms with Crippen LogP contribution in [-0.2, 0) is 6.54 Å². The molecule has 6 heteroatoms. The summed E-state index contributed by atoms with van der Waals surface area (Å²) in [5.41, 5.74) is 2.20. The van der Waals surface area contributed by atoms with E-state index in [0.29, 0.717) is 34.7 Å². The highest BCUT2D eigenvalue weighted by Gasteiger charge is 2.22. The van der Waals surface area contributed by atoms with Crippen LogP contribution in [0, 0.1) is 6.92 Å². The molecule has 1 aliphatic heterocycles. The molecule has 1 aromatic heterocycles. The second-order valence-corrected chi connectivity index (χ2v) is 7.47. The van der Waals surface area contributed by atoms with E-state index >= 15 is 0 Å². The molecule has 0 aliphatic carbocycles. The third-order valence-electron chi connectivity index (χ3n) is 5.13. The van der Waals surface area contributed by atoms with Gasteiger partial charge in [0.05, 0.1) is 10.9 Å². The number of hydrogen-bond donors (Lipinski definition) is 0. The van der Waals surface area contributed by atoms with Crippen LogP contribution in [0.15, 0.2) is 41.3 Å². The minimum Gasteiger partial charge on any atom is -0.454 e. The van der Waals surface area contributed by atoms with Crippen LogP contribution in [-0.4, -0.2) is 17.3 Å². The molecule has 0 N–H and O–H groups in total. The monoisotopic (exact) mass is 393 g/mol. The Kier molecular flexibility index (Phi) is 4.78. The van der Waals surface area contributed by atoms with E-state index in [0.717, 1.165) is 11.1 Å². The first-order valence-corrected chi connectivity index (χ1v) is 9.68. The number of esters is 1. The highest BCUT2D eigenvalue weighted by atomic mass is 16.7. The maximum absolute atomic E-state index is 13.1. The fourth-order valence-corrected chi connectivity index (χ4v) is 3.55. The Morgan fingerprint density at radius 2 is 1.90 bits per heavy atom. The Bertz CT molecular complexity index is 1180. The molecule has 0 bridgehead atoms. The van der Waals surface area contributed by atoms with Crippen molar-refractivity contribution in [2.24, 2.45) is 0 Å². The zero-order valence-corrected chi connectivity index (χ0v) is 16.9. The smallest absolute Gasteiger partial charge is 0.349 e. The third-order valence-corrected chi connectivity index (χ3v) is 5.13. The Balaban J connectivity index is 1.81. The molecule has 2 aromatic carbocycles. The summed E-state index contributed by atoms with van der Waals surface area (Å²) in [4.78, 5) is 26.1. The van der Waals surface area contributed by atoms with Gasteiger partial charge in [-0.3, -0.25) is 4.79 Å². The maximum Gasteiger partial charge on any atom is 0.349 e. The lowest BCUT2D eigenvalue weighted by Crippen LogP contribution is -2.23. The highest BCUT2D eigenvalue weighted by Crippen LogP contribution is 2.35. The summed E-state index contributed by atoms with van der Waals surface area (Å²) >= 11 is 0. The van der Waals surface area contributed by atoms with Gasteiger partial charge in [0, 0.05) is 18.8 Å². The van der Waals surface area contributed by atoms with Crippen molar-refractivity contribution in [3.63, 3.8) is 0 Å². The maximum atomic E-state index is 13.1. The van der Waals surface area contributed by atoms with Crippen LogP contribution in [0.5, 0.6) is 17.2 Å². The number of aryl methyl sites for hydroxylation is 2. The van der Waals surface area contributed by atoms with Crippen molar-refractivity contribution in [1.29, 1.82) is 0 Å². The molecular formula is C23H23NO5. The zero-order valence-electron chi connectivity index (χ0n) is 16.9. The number of aromatic nitrogens is 1. The summed E-state index contributed by atoms with van der Waals surface area (Å²) in [6.45, 7) is 8.64. The fraction of sp³-hybridized carbons (Fsp3) is 0.304. The van der Waals surface area contributed by atoms with Crippen LogP contribution < -0.4 is 19.6 Å². The number of fused-ring (bicyclic) bond motifs is 2. The summed E-state index contributed by atoms with van der Waals surface area (Å²) < 4.78 is 18.3. The Morgan fingerprint density at radius 1 is 1.17 bits per heavy atom. The second-order valence-electron chi connectivity index (χ2n) is 7.47. The molecule has 150 valence electrons. The number of rotatable bonds is 4. The van der Waals surface area contributed by atoms with Crippen LogP contribution in [0.3, 0.4) is 0 Å². The van der Waals surface area contributed by atoms with Gasteiger partial charge >= 0.3 is 5.97 Å². The normalized spacial score (nSPS) is 12.6. The topological polar surface area (TPSA) is 66.8 Å². The van der Waals surface area contributed by atoms with E-state index in [9.17, 15) is 9.59 Å². The van der Waals surface area contributed by atoms with Crippen molar-refractivity contribution in [1.82, 2.24) is 4.57 Å². The predicted octanol–water partition coefficient (Wildman–Crippen LogP) is 4.40. The second kappa shape index (κ2) is 7.28. The van der Waals surface area contributed by atoms with Crippen LogP contribution in [0.2, 0.25) is 0 Å². The van der Waals surface area contributed by atoms with Crippen LogP contribution >= 0.6 is 0 Å². The molecule has 0 unspecified atom stereocenters. The molecule has 0 spiro atoms. The van der Waals surface area contributed by atoms with E-state index in [4.69, 9.17) is 14.2 Å². The molecule has 0 atom stereocenters. The van der Waals surface area contributed by atoms with Gasteiger partial charge in [0.15, 0.2) is 11.5 Å². The Labute approximate surface area is 168 Å². The van der Waals surface area contributed by atoms with Gasteiger partial charge in [-0.2, -0.15) is 0 Å². The number of benzene rings is 2. The summed E-state index contributed by atoms with van der Waals surface area (Å²) in [6, 6.07) is 9.17. The van der Waals surface area contributed by atoms with E-state index in [-0.39, 0.29) is 23.7 Å². The Morgan fingerprint density at radius 3 is 2.59 bits per heavy atom. The van der Waals surface area contributed by atoms with Crippen molar-refractivity contribution < 1.29 is 19.0 Å².